The van der Waals surface area contributed by atoms with Crippen LogP contribution in [-0.4, -0.2) is 32.2 Å². The van der Waals surface area contributed by atoms with E-state index in [1.807, 2.05) is 6.92 Å². The molecule has 0 saturated heterocycles. The third kappa shape index (κ3) is 4.87. The van der Waals surface area contributed by atoms with Gasteiger partial charge in [0.05, 0.1) is 17.0 Å². The van der Waals surface area contributed by atoms with Crippen molar-refractivity contribution in [3.8, 4) is 0 Å². The smallest absolute Gasteiger partial charge is 0.325 e. The first-order chi connectivity index (χ1) is 12.8. The topological polar surface area (TPSA) is 66.5 Å². The highest BCUT2D eigenvalue weighted by Gasteiger charge is 2.34. The highest BCUT2D eigenvalue weighted by Crippen LogP contribution is 2.33. The molecule has 28 heavy (non-hydrogen) atoms. The van der Waals surface area contributed by atoms with E-state index in [2.05, 4.69) is 5.32 Å². The van der Waals surface area contributed by atoms with Gasteiger partial charge in [-0.05, 0) is 55.3 Å². The summed E-state index contributed by atoms with van der Waals surface area (Å²) in [5, 5.41) is 2.14. The van der Waals surface area contributed by atoms with Crippen molar-refractivity contribution in [2.75, 3.05) is 18.9 Å². The number of hydrogen-bond donors (Lipinski definition) is 1. The molecule has 2 aromatic carbocycles. The van der Waals surface area contributed by atoms with Gasteiger partial charge in [-0.15, -0.1) is 0 Å². The first kappa shape index (κ1) is 21.8. The number of rotatable bonds is 5. The van der Waals surface area contributed by atoms with Crippen LogP contribution in [0.4, 0.5) is 23.2 Å². The van der Waals surface area contributed by atoms with E-state index in [9.17, 15) is 30.8 Å². The lowest BCUT2D eigenvalue weighted by Crippen LogP contribution is -2.35. The van der Waals surface area contributed by atoms with Gasteiger partial charge in [-0.2, -0.15) is 17.5 Å². The van der Waals surface area contributed by atoms with Gasteiger partial charge in [-0.25, -0.2) is 12.8 Å². The molecule has 2 aromatic rings. The van der Waals surface area contributed by atoms with Crippen molar-refractivity contribution in [2.24, 2.45) is 0 Å². The summed E-state index contributed by atoms with van der Waals surface area (Å²) in [6.45, 7) is 2.93. The largest absolute Gasteiger partial charge is 0.419 e. The molecule has 0 aliphatic carbocycles. The summed E-state index contributed by atoms with van der Waals surface area (Å²) >= 11 is 0. The zero-order valence-corrected chi connectivity index (χ0v) is 16.1. The number of alkyl halides is 3. The molecule has 0 saturated carbocycles. The Morgan fingerprint density at radius 1 is 1.07 bits per heavy atom. The molecule has 0 unspecified atom stereocenters. The fourth-order valence-corrected chi connectivity index (χ4v) is 3.58. The molecule has 0 spiro atoms. The number of anilines is 1. The maximum absolute atomic E-state index is 13.3. The van der Waals surface area contributed by atoms with E-state index >= 15 is 0 Å². The third-order valence-electron chi connectivity index (χ3n) is 4.11. The van der Waals surface area contributed by atoms with Gasteiger partial charge < -0.3 is 5.32 Å². The number of benzene rings is 2. The summed E-state index contributed by atoms with van der Waals surface area (Å²) in [5.74, 6) is -2.34. The van der Waals surface area contributed by atoms with Crippen LogP contribution in [0.1, 0.15) is 16.7 Å². The molecule has 1 N–H and O–H groups in total. The lowest BCUT2D eigenvalue weighted by molar-refractivity contribution is -0.140. The van der Waals surface area contributed by atoms with E-state index < -0.39 is 40.0 Å². The van der Waals surface area contributed by atoms with Gasteiger partial charge in [-0.3, -0.25) is 4.79 Å². The third-order valence-corrected chi connectivity index (χ3v) is 5.91. The predicted octanol–water partition coefficient (Wildman–Crippen LogP) is 3.72. The van der Waals surface area contributed by atoms with Crippen molar-refractivity contribution < 1.29 is 30.8 Å². The van der Waals surface area contributed by atoms with E-state index in [1.54, 1.807) is 13.0 Å². The minimum absolute atomic E-state index is 0.00737. The standard InChI is InChI=1S/C18H18F4N2O3S/c1-11-4-6-14(8-12(11)2)28(26,27)24(3)10-17(25)23-13-5-7-16(19)15(9-13)18(20,21)22/h4-9H,10H2,1-3H3,(H,23,25). The molecular formula is C18H18F4N2O3S. The molecule has 10 heteroatoms. The summed E-state index contributed by atoms with van der Waals surface area (Å²) in [4.78, 5) is 12.1. The summed E-state index contributed by atoms with van der Waals surface area (Å²) in [6.07, 6.45) is -4.92. The Morgan fingerprint density at radius 2 is 1.71 bits per heavy atom. The summed E-state index contributed by atoms with van der Waals surface area (Å²) in [7, 11) is -2.79. The van der Waals surface area contributed by atoms with Gasteiger partial charge in [-0.1, -0.05) is 6.07 Å². The van der Waals surface area contributed by atoms with Crippen LogP contribution in [0.2, 0.25) is 0 Å². The lowest BCUT2D eigenvalue weighted by Gasteiger charge is -2.18. The fraction of sp³-hybridized carbons (Fsp3) is 0.278. The lowest BCUT2D eigenvalue weighted by atomic mass is 10.1. The number of carbonyl (C=O) groups is 1. The van der Waals surface area contributed by atoms with Crippen molar-refractivity contribution in [1.82, 2.24) is 4.31 Å². The minimum atomic E-state index is -4.92. The van der Waals surface area contributed by atoms with Crippen LogP contribution < -0.4 is 5.32 Å². The van der Waals surface area contributed by atoms with Crippen molar-refractivity contribution in [2.45, 2.75) is 24.9 Å². The molecular weight excluding hydrogens is 400 g/mol. The molecule has 2 rings (SSSR count). The fourth-order valence-electron chi connectivity index (χ4n) is 2.36. The van der Waals surface area contributed by atoms with Crippen molar-refractivity contribution in [3.63, 3.8) is 0 Å². The summed E-state index contributed by atoms with van der Waals surface area (Å²) in [5.41, 5.74) is -0.168. The van der Waals surface area contributed by atoms with Crippen LogP contribution in [0.5, 0.6) is 0 Å². The number of amides is 1. The van der Waals surface area contributed by atoms with Gasteiger partial charge in [0.2, 0.25) is 15.9 Å². The van der Waals surface area contributed by atoms with Crippen LogP contribution in [-0.2, 0) is 21.0 Å². The maximum Gasteiger partial charge on any atom is 0.419 e. The zero-order chi connectivity index (χ0) is 21.3. The van der Waals surface area contributed by atoms with Crippen molar-refractivity contribution >= 4 is 21.6 Å². The van der Waals surface area contributed by atoms with Crippen LogP contribution in [0, 0.1) is 19.7 Å². The molecule has 0 fully saturated rings. The Balaban J connectivity index is 2.15. The van der Waals surface area contributed by atoms with Crippen LogP contribution in [0.3, 0.4) is 0 Å². The molecule has 152 valence electrons. The second kappa shape index (κ2) is 7.88. The van der Waals surface area contributed by atoms with Crippen LogP contribution in [0.25, 0.3) is 0 Å². The first-order valence-electron chi connectivity index (χ1n) is 8.02. The molecule has 0 aliphatic heterocycles. The monoisotopic (exact) mass is 418 g/mol. The van der Waals surface area contributed by atoms with Crippen LogP contribution in [0.15, 0.2) is 41.3 Å². The normalized spacial score (nSPS) is 12.3. The number of halogens is 4. The quantitative estimate of drug-likeness (QED) is 0.753. The molecule has 0 aromatic heterocycles. The number of nitrogens with one attached hydrogen (secondary N) is 1. The number of aryl methyl sites for hydroxylation is 2. The summed E-state index contributed by atoms with van der Waals surface area (Å²) in [6, 6.07) is 6.49. The van der Waals surface area contributed by atoms with E-state index in [-0.39, 0.29) is 10.6 Å². The number of likely N-dealkylation sites (N-methyl/N-ethyl adjacent to an activating group) is 1. The number of nitrogens with zero attached hydrogens (tertiary/aromatic N) is 1. The van der Waals surface area contributed by atoms with Crippen LogP contribution >= 0.6 is 0 Å². The molecule has 0 bridgehead atoms. The number of carbonyl (C=O) groups excluding carboxylic acids is 1. The molecule has 0 heterocycles. The second-order valence-electron chi connectivity index (χ2n) is 6.25. The Hall–Kier alpha value is -2.46. The maximum atomic E-state index is 13.3. The van der Waals surface area contributed by atoms with E-state index in [0.29, 0.717) is 12.1 Å². The molecule has 0 atom stereocenters. The van der Waals surface area contributed by atoms with Gasteiger partial charge in [0.25, 0.3) is 0 Å². The van der Waals surface area contributed by atoms with Gasteiger partial charge >= 0.3 is 6.18 Å². The van der Waals surface area contributed by atoms with Gasteiger partial charge in [0.1, 0.15) is 5.82 Å². The van der Waals surface area contributed by atoms with Crippen molar-refractivity contribution in [1.29, 1.82) is 0 Å². The number of sulfonamides is 1. The second-order valence-corrected chi connectivity index (χ2v) is 8.29. The Labute approximate surface area is 160 Å². The van der Waals surface area contributed by atoms with Gasteiger partial charge in [0, 0.05) is 12.7 Å². The highest BCUT2D eigenvalue weighted by atomic mass is 32.2. The highest BCUT2D eigenvalue weighted by molar-refractivity contribution is 7.89. The first-order valence-corrected chi connectivity index (χ1v) is 9.46. The molecule has 1 amide bonds. The van der Waals surface area contributed by atoms with E-state index in [4.69, 9.17) is 0 Å². The Kier molecular flexibility index (Phi) is 6.15. The average Bonchev–Trinajstić information content (AvgIpc) is 2.57. The van der Waals surface area contributed by atoms with Gasteiger partial charge in [0.15, 0.2) is 0 Å². The predicted molar refractivity (Wildman–Crippen MR) is 95.8 cm³/mol. The SMILES string of the molecule is Cc1ccc(S(=O)(=O)N(C)CC(=O)Nc2ccc(F)c(C(F)(F)F)c2)cc1C. The number of hydrogen-bond acceptors (Lipinski definition) is 3. The minimum Gasteiger partial charge on any atom is -0.325 e. The zero-order valence-electron chi connectivity index (χ0n) is 15.3. The summed E-state index contributed by atoms with van der Waals surface area (Å²) < 4.78 is 77.4. The van der Waals surface area contributed by atoms with E-state index in [1.165, 1.54) is 19.2 Å². The molecule has 5 nitrogen and oxygen atoms in total. The Morgan fingerprint density at radius 3 is 2.29 bits per heavy atom. The van der Waals surface area contributed by atoms with Crippen molar-refractivity contribution in [3.05, 3.63) is 58.9 Å². The molecule has 0 aliphatic rings. The van der Waals surface area contributed by atoms with E-state index in [0.717, 1.165) is 21.5 Å². The molecule has 0 radical (unpaired) electrons. The Bertz CT molecular complexity index is 1000. The average molecular weight is 418 g/mol.